The lowest BCUT2D eigenvalue weighted by atomic mass is 9.67. The Morgan fingerprint density at radius 2 is 0.671 bits per heavy atom. The molecule has 13 aromatic rings. The van der Waals surface area contributed by atoms with Crippen molar-refractivity contribution in [3.8, 4) is 22.5 Å². The molecule has 1 aliphatic rings. The first-order valence-electron chi connectivity index (χ1n) is 24.2. The quantitative estimate of drug-likeness (QED) is 0.144. The normalized spacial score (nSPS) is 13.2. The van der Waals surface area contributed by atoms with Crippen LogP contribution >= 0.6 is 10.0 Å². The molecule has 0 amide bonds. The van der Waals surface area contributed by atoms with Gasteiger partial charge in [-0.3, -0.25) is 0 Å². The summed E-state index contributed by atoms with van der Waals surface area (Å²) in [6, 6.07) is 104. The van der Waals surface area contributed by atoms with E-state index in [2.05, 4.69) is 288 Å². The van der Waals surface area contributed by atoms with Crippen molar-refractivity contribution in [2.24, 2.45) is 0 Å². The van der Waals surface area contributed by atoms with E-state index in [1.165, 1.54) is 96.6 Å². The molecule has 0 spiro atoms. The highest BCUT2D eigenvalue weighted by atomic mass is 32.3. The van der Waals surface area contributed by atoms with Gasteiger partial charge >= 0.3 is 0 Å². The summed E-state index contributed by atoms with van der Waals surface area (Å²) < 4.78 is 4.95. The molecule has 0 atom stereocenters. The summed E-state index contributed by atoms with van der Waals surface area (Å²) in [4.78, 5) is 5.22. The van der Waals surface area contributed by atoms with Gasteiger partial charge in [0.15, 0.2) is 0 Å². The van der Waals surface area contributed by atoms with Crippen molar-refractivity contribution in [3.05, 3.63) is 301 Å². The van der Waals surface area contributed by atoms with Crippen LogP contribution in [0.4, 0.5) is 0 Å². The third kappa shape index (κ3) is 5.76. The van der Waals surface area contributed by atoms with E-state index in [1.807, 2.05) is 0 Å². The summed E-state index contributed by atoms with van der Waals surface area (Å²) in [5.74, 6) is 0. The number of rotatable bonds is 8. The molecule has 0 radical (unpaired) electrons. The molecule has 0 saturated carbocycles. The highest BCUT2D eigenvalue weighted by Crippen LogP contribution is 2.73. The molecule has 1 aliphatic carbocycles. The molecule has 0 bridgehead atoms. The van der Waals surface area contributed by atoms with E-state index in [0.29, 0.717) is 0 Å². The van der Waals surface area contributed by atoms with E-state index in [0.717, 1.165) is 11.4 Å². The molecule has 0 saturated heterocycles. The fourth-order valence-corrected chi connectivity index (χ4v) is 16.0. The summed E-state index contributed by atoms with van der Waals surface area (Å²) in [5, 5.41) is 4.92. The van der Waals surface area contributed by atoms with Gasteiger partial charge < -0.3 is 9.13 Å². The summed E-state index contributed by atoms with van der Waals surface area (Å²) in [6.45, 7) is 0. The summed E-state index contributed by atoms with van der Waals surface area (Å²) in [6.07, 6.45) is 0. The summed E-state index contributed by atoms with van der Waals surface area (Å²) in [5.41, 5.74) is 14.3. The van der Waals surface area contributed by atoms with Crippen LogP contribution in [0.2, 0.25) is 0 Å². The van der Waals surface area contributed by atoms with E-state index in [1.54, 1.807) is 0 Å². The third-order valence-electron chi connectivity index (χ3n) is 14.9. The number of hydrogen-bond donors (Lipinski definition) is 0. The first kappa shape index (κ1) is 40.4. The molecule has 0 aliphatic heterocycles. The van der Waals surface area contributed by atoms with E-state index >= 15 is 0 Å². The lowest BCUT2D eigenvalue weighted by molar-refractivity contribution is 0.770. The predicted octanol–water partition coefficient (Wildman–Crippen LogP) is 17.6. The Kier molecular flexibility index (Phi) is 9.24. The molecule has 3 heteroatoms. The minimum atomic E-state index is -1.88. The Morgan fingerprint density at radius 3 is 1.23 bits per heavy atom. The summed E-state index contributed by atoms with van der Waals surface area (Å²) in [7, 11) is -1.88. The topological polar surface area (TPSA) is 9.86 Å². The lowest BCUT2D eigenvalue weighted by Gasteiger charge is -2.42. The molecule has 330 valence electrons. The van der Waals surface area contributed by atoms with Crippen LogP contribution < -0.4 is 0 Å². The molecular weight excluding hydrogens is 865 g/mol. The molecule has 2 heterocycles. The molecule has 2 nitrogen and oxygen atoms in total. The van der Waals surface area contributed by atoms with Crippen molar-refractivity contribution in [1.82, 2.24) is 9.13 Å². The largest absolute Gasteiger partial charge is 0.309 e. The Bertz CT molecular complexity index is 3970. The average Bonchev–Trinajstić information content (AvgIpc) is 4.06. The van der Waals surface area contributed by atoms with Gasteiger partial charge in [0.2, 0.25) is 0 Å². The molecule has 11 aromatic carbocycles. The maximum Gasteiger partial charge on any atom is 0.0713 e. The SMILES string of the molecule is c1ccc(C2(c3ccc4c(c3)c3ccccc3n4-c3ccc4c(c3)c3ccccc3n4-c3cccc(S(c4ccccc4)(c4ccccc4)c4ccccc4)c3)c3ccccc3-c3ccccc32)cc1. The van der Waals surface area contributed by atoms with Crippen molar-refractivity contribution in [2.75, 3.05) is 0 Å². The number of para-hydroxylation sites is 2. The lowest BCUT2D eigenvalue weighted by Crippen LogP contribution is -2.28. The number of nitrogens with zero attached hydrogens (tertiary/aromatic N) is 2. The fourth-order valence-electron chi connectivity index (χ4n) is 12.1. The van der Waals surface area contributed by atoms with Gasteiger partial charge in [0.25, 0.3) is 0 Å². The second kappa shape index (κ2) is 16.0. The Labute approximate surface area is 409 Å². The maximum absolute atomic E-state index is 2.49. The second-order valence-corrected chi connectivity index (χ2v) is 21.5. The number of fused-ring (bicyclic) bond motifs is 9. The van der Waals surface area contributed by atoms with Crippen molar-refractivity contribution < 1.29 is 0 Å². The molecule has 14 rings (SSSR count). The average molecular weight is 911 g/mol. The molecule has 0 N–H and O–H groups in total. The van der Waals surface area contributed by atoms with Crippen molar-refractivity contribution >= 4 is 53.6 Å². The molecular formula is C67H46N2S. The van der Waals surface area contributed by atoms with Crippen LogP contribution in [-0.2, 0) is 5.41 Å². The van der Waals surface area contributed by atoms with Crippen LogP contribution in [0.3, 0.4) is 0 Å². The first-order valence-corrected chi connectivity index (χ1v) is 25.8. The summed E-state index contributed by atoms with van der Waals surface area (Å²) >= 11 is 0. The van der Waals surface area contributed by atoms with E-state index in [4.69, 9.17) is 0 Å². The van der Waals surface area contributed by atoms with Gasteiger partial charge in [-0.05, 0) is 130 Å². The van der Waals surface area contributed by atoms with Crippen LogP contribution in [0.1, 0.15) is 22.3 Å². The first-order chi connectivity index (χ1) is 34.7. The number of aromatic nitrogens is 2. The van der Waals surface area contributed by atoms with Gasteiger partial charge in [-0.2, -0.15) is 0 Å². The minimum Gasteiger partial charge on any atom is -0.309 e. The van der Waals surface area contributed by atoms with Crippen LogP contribution in [0.15, 0.2) is 299 Å². The predicted molar refractivity (Wildman–Crippen MR) is 292 cm³/mol. The van der Waals surface area contributed by atoms with Crippen LogP contribution in [0.5, 0.6) is 0 Å². The van der Waals surface area contributed by atoms with Gasteiger partial charge in [-0.15, -0.1) is 10.0 Å². The molecule has 2 aromatic heterocycles. The molecule has 70 heavy (non-hydrogen) atoms. The van der Waals surface area contributed by atoms with Gasteiger partial charge in [-0.25, -0.2) is 0 Å². The highest BCUT2D eigenvalue weighted by molar-refractivity contribution is 8.34. The number of benzene rings is 11. The Hall–Kier alpha value is -8.63. The standard InChI is InChI=1S/C67H46N2S/c1-5-22-47(23-6-1)67(61-36-17-13-32-55(61)56-33-14-18-37-62(56)67)48-40-42-65-59(44-48)57-34-15-19-38-63(57)69(65)50-41-43-66-60(46-50)58-35-16-20-39-64(58)68(66)49-24-21-31-54(45-49)70(51-25-7-2-8-26-51,52-27-9-3-10-28-52)53-29-11-4-12-30-53/h1-46H. The van der Waals surface area contributed by atoms with Gasteiger partial charge in [0, 0.05) is 52.5 Å². The maximum atomic E-state index is 2.49. The van der Waals surface area contributed by atoms with Gasteiger partial charge in [0.1, 0.15) is 0 Å². The Morgan fingerprint density at radius 1 is 0.257 bits per heavy atom. The van der Waals surface area contributed by atoms with E-state index < -0.39 is 15.4 Å². The van der Waals surface area contributed by atoms with Crippen molar-refractivity contribution in [1.29, 1.82) is 0 Å². The van der Waals surface area contributed by atoms with Crippen LogP contribution in [0, 0.1) is 0 Å². The molecule has 0 fully saturated rings. The van der Waals surface area contributed by atoms with Gasteiger partial charge in [0.05, 0.1) is 27.5 Å². The van der Waals surface area contributed by atoms with Crippen LogP contribution in [-0.4, -0.2) is 9.13 Å². The van der Waals surface area contributed by atoms with E-state index in [-0.39, 0.29) is 0 Å². The zero-order chi connectivity index (χ0) is 46.2. The van der Waals surface area contributed by atoms with Gasteiger partial charge in [-0.1, -0.05) is 182 Å². The number of hydrogen-bond acceptors (Lipinski definition) is 0. The highest BCUT2D eigenvalue weighted by Gasteiger charge is 2.46. The fraction of sp³-hybridized carbons (Fsp3) is 0.0149. The third-order valence-corrected chi connectivity index (χ3v) is 18.8. The Balaban J connectivity index is 0.970. The minimum absolute atomic E-state index is 0.478. The van der Waals surface area contributed by atoms with Crippen molar-refractivity contribution in [2.45, 2.75) is 25.0 Å². The van der Waals surface area contributed by atoms with Crippen LogP contribution in [0.25, 0.3) is 66.1 Å². The molecule has 0 unspecified atom stereocenters. The zero-order valence-corrected chi connectivity index (χ0v) is 39.2. The smallest absolute Gasteiger partial charge is 0.0713 e. The second-order valence-electron chi connectivity index (χ2n) is 18.4. The monoisotopic (exact) mass is 910 g/mol. The van der Waals surface area contributed by atoms with Crippen molar-refractivity contribution in [3.63, 3.8) is 0 Å². The van der Waals surface area contributed by atoms with E-state index in [9.17, 15) is 0 Å². The zero-order valence-electron chi connectivity index (χ0n) is 38.4.